The van der Waals surface area contributed by atoms with Gasteiger partial charge in [-0.3, -0.25) is 0 Å². The predicted octanol–water partition coefficient (Wildman–Crippen LogP) is 0.410. The zero-order valence-corrected chi connectivity index (χ0v) is 29.9. The van der Waals surface area contributed by atoms with Crippen LogP contribution in [0.15, 0.2) is 91.0 Å². The second-order valence-corrected chi connectivity index (χ2v) is 14.1. The van der Waals surface area contributed by atoms with Crippen LogP contribution in [0.1, 0.15) is 30.0 Å². The van der Waals surface area contributed by atoms with Gasteiger partial charge >= 0.3 is 0 Å². The molecule has 2 heterocycles. The lowest BCUT2D eigenvalue weighted by Crippen LogP contribution is -2.69. The average molecular weight is 739 g/mol. The summed E-state index contributed by atoms with van der Waals surface area (Å²) in [4.78, 5) is 0. The van der Waals surface area contributed by atoms with E-state index in [9.17, 15) is 15.3 Å². The quantitative estimate of drug-likeness (QED) is 0.119. The highest BCUT2D eigenvalue weighted by Gasteiger charge is 2.52. The molecule has 3 fully saturated rings. The molecule has 3 aliphatic rings. The third kappa shape index (κ3) is 9.68. The minimum absolute atomic E-state index is 0.0914. The van der Waals surface area contributed by atoms with Crippen molar-refractivity contribution in [2.45, 2.75) is 125 Å². The van der Waals surface area contributed by atoms with Crippen molar-refractivity contribution >= 4 is 0 Å². The summed E-state index contributed by atoms with van der Waals surface area (Å²) < 4.78 is 44.9. The summed E-state index contributed by atoms with van der Waals surface area (Å²) in [6.45, 7) is 2.58. The van der Waals surface area contributed by atoms with Crippen LogP contribution in [0.25, 0.3) is 0 Å². The van der Waals surface area contributed by atoms with Crippen LogP contribution in [-0.4, -0.2) is 114 Å². The summed E-state index contributed by atoms with van der Waals surface area (Å²) >= 11 is 0. The molecule has 0 unspecified atom stereocenters. The highest BCUT2D eigenvalue weighted by molar-refractivity contribution is 5.16. The van der Waals surface area contributed by atoms with Crippen molar-refractivity contribution in [3.05, 3.63) is 108 Å². The number of nitrogens with two attached hydrogens (primary N) is 4. The Kier molecular flexibility index (Phi) is 14.0. The van der Waals surface area contributed by atoms with Crippen LogP contribution in [0.5, 0.6) is 0 Å². The van der Waals surface area contributed by atoms with Crippen molar-refractivity contribution in [2.24, 2.45) is 22.9 Å². The third-order valence-electron chi connectivity index (χ3n) is 10.2. The standard InChI is InChI=1S/C39H54N4O10/c1-22-33(47-19-23-11-5-2-6-12-23)36(48-20-24-13-7-3-8-14-24)37(49-21-25-15-9-4-10-16-25)39(50-22)53-35-27(42)17-26(41)34(32(35)46)52-38-29(43)31(45)30(44)28(18-40)51-38/h2-16,22,26-39,44-46H,17-21,40-43H2,1H3/t22-,26-,27+,28+,29+,30+,31+,32-,33-,34+,35-,36+,37+,38+,39-/m0/s1. The molecule has 15 atom stereocenters. The van der Waals surface area contributed by atoms with Gasteiger partial charge in [0.2, 0.25) is 0 Å². The Morgan fingerprint density at radius 2 is 1.02 bits per heavy atom. The van der Waals surface area contributed by atoms with Gasteiger partial charge < -0.3 is 71.4 Å². The van der Waals surface area contributed by atoms with Gasteiger partial charge in [-0.2, -0.15) is 0 Å². The molecule has 14 heteroatoms. The van der Waals surface area contributed by atoms with E-state index in [-0.39, 0.29) is 26.2 Å². The first-order valence-corrected chi connectivity index (χ1v) is 18.2. The number of rotatable bonds is 14. The summed E-state index contributed by atoms with van der Waals surface area (Å²) in [5.41, 5.74) is 27.9. The Balaban J connectivity index is 1.26. The van der Waals surface area contributed by atoms with E-state index in [4.69, 9.17) is 56.1 Å². The summed E-state index contributed by atoms with van der Waals surface area (Å²) in [6.07, 6.45) is -11.9. The van der Waals surface area contributed by atoms with E-state index in [1.165, 1.54) is 0 Å². The van der Waals surface area contributed by atoms with Gasteiger partial charge in [0.1, 0.15) is 54.9 Å². The number of benzene rings is 3. The van der Waals surface area contributed by atoms with Gasteiger partial charge in [-0.15, -0.1) is 0 Å². The fraction of sp³-hybridized carbons (Fsp3) is 0.538. The first kappa shape index (κ1) is 39.8. The van der Waals surface area contributed by atoms with Crippen LogP contribution >= 0.6 is 0 Å². The summed E-state index contributed by atoms with van der Waals surface area (Å²) in [6, 6.07) is 26.7. The van der Waals surface area contributed by atoms with Gasteiger partial charge in [-0.1, -0.05) is 91.0 Å². The van der Waals surface area contributed by atoms with E-state index in [1.54, 1.807) is 0 Å². The molecule has 0 radical (unpaired) electrons. The summed E-state index contributed by atoms with van der Waals surface area (Å²) in [5, 5.41) is 32.7. The van der Waals surface area contributed by atoms with Crippen molar-refractivity contribution in [3.8, 4) is 0 Å². The molecule has 3 aromatic rings. The number of ether oxygens (including phenoxy) is 7. The zero-order valence-electron chi connectivity index (χ0n) is 29.9. The van der Waals surface area contributed by atoms with E-state index >= 15 is 0 Å². The van der Waals surface area contributed by atoms with Gasteiger partial charge in [0.05, 0.1) is 32.0 Å². The monoisotopic (exact) mass is 738 g/mol. The Morgan fingerprint density at radius 1 is 0.566 bits per heavy atom. The molecule has 0 bridgehead atoms. The van der Waals surface area contributed by atoms with E-state index in [2.05, 4.69) is 0 Å². The van der Waals surface area contributed by atoms with E-state index in [1.807, 2.05) is 97.9 Å². The van der Waals surface area contributed by atoms with Crippen molar-refractivity contribution in [1.29, 1.82) is 0 Å². The molecular formula is C39H54N4O10. The second-order valence-electron chi connectivity index (χ2n) is 14.1. The molecule has 1 saturated carbocycles. The lowest BCUT2D eigenvalue weighted by molar-refractivity contribution is -0.343. The van der Waals surface area contributed by atoms with Crippen LogP contribution in [0.3, 0.4) is 0 Å². The smallest absolute Gasteiger partial charge is 0.187 e. The molecule has 0 aromatic heterocycles. The fourth-order valence-corrected chi connectivity index (χ4v) is 7.20. The average Bonchev–Trinajstić information content (AvgIpc) is 3.17. The van der Waals surface area contributed by atoms with Gasteiger partial charge in [0.15, 0.2) is 12.6 Å². The highest BCUT2D eigenvalue weighted by atomic mass is 16.7. The molecule has 290 valence electrons. The number of hydrogen-bond donors (Lipinski definition) is 7. The largest absolute Gasteiger partial charge is 0.388 e. The molecular weight excluding hydrogens is 684 g/mol. The van der Waals surface area contributed by atoms with Crippen LogP contribution < -0.4 is 22.9 Å². The molecule has 0 amide bonds. The highest BCUT2D eigenvalue weighted by Crippen LogP contribution is 2.35. The topological polar surface area (TPSA) is 229 Å². The Labute approximate surface area is 310 Å². The van der Waals surface area contributed by atoms with E-state index in [0.717, 1.165) is 16.7 Å². The summed E-state index contributed by atoms with van der Waals surface area (Å²) in [7, 11) is 0. The Bertz CT molecular complexity index is 1510. The van der Waals surface area contributed by atoms with Crippen molar-refractivity contribution < 1.29 is 48.5 Å². The predicted molar refractivity (Wildman–Crippen MR) is 193 cm³/mol. The Morgan fingerprint density at radius 3 is 1.51 bits per heavy atom. The lowest BCUT2D eigenvalue weighted by atomic mass is 9.84. The molecule has 2 saturated heterocycles. The first-order chi connectivity index (χ1) is 25.6. The van der Waals surface area contributed by atoms with Crippen molar-refractivity contribution in [3.63, 3.8) is 0 Å². The van der Waals surface area contributed by atoms with Gasteiger partial charge in [-0.05, 0) is 30.0 Å². The maximum atomic E-state index is 11.8. The molecule has 1 aliphatic carbocycles. The third-order valence-corrected chi connectivity index (χ3v) is 10.2. The number of aliphatic hydroxyl groups excluding tert-OH is 3. The second kappa shape index (κ2) is 18.6. The van der Waals surface area contributed by atoms with Crippen molar-refractivity contribution in [2.75, 3.05) is 6.54 Å². The zero-order chi connectivity index (χ0) is 37.5. The molecule has 11 N–H and O–H groups in total. The number of hydrogen-bond acceptors (Lipinski definition) is 14. The maximum absolute atomic E-state index is 11.8. The molecule has 3 aromatic carbocycles. The minimum Gasteiger partial charge on any atom is -0.388 e. The molecule has 6 rings (SSSR count). The van der Waals surface area contributed by atoms with Crippen molar-refractivity contribution in [1.82, 2.24) is 0 Å². The molecule has 2 aliphatic heterocycles. The summed E-state index contributed by atoms with van der Waals surface area (Å²) in [5.74, 6) is 0. The minimum atomic E-state index is -1.38. The molecule has 14 nitrogen and oxygen atoms in total. The van der Waals surface area contributed by atoms with Crippen LogP contribution in [0.4, 0.5) is 0 Å². The maximum Gasteiger partial charge on any atom is 0.187 e. The SMILES string of the molecule is C[C@@H]1O[C@@H](O[C@@H]2[C@@H](O)[C@H](O[C@H]3O[C@H](CN)[C@@H](O)[C@H](O)[C@H]3N)[C@@H](N)C[C@H]2N)[C@H](OCc2ccccc2)[C@H](OCc2ccccc2)[C@H]1OCc1ccccc1. The van der Waals surface area contributed by atoms with Crippen LogP contribution in [-0.2, 0) is 53.0 Å². The van der Waals surface area contributed by atoms with Gasteiger partial charge in [0, 0.05) is 18.6 Å². The van der Waals surface area contributed by atoms with Crippen LogP contribution in [0, 0.1) is 0 Å². The Hall–Kier alpha value is -2.90. The van der Waals surface area contributed by atoms with Crippen LogP contribution in [0.2, 0.25) is 0 Å². The van der Waals surface area contributed by atoms with E-state index < -0.39 is 91.7 Å². The normalized spacial score (nSPS) is 37.7. The van der Waals surface area contributed by atoms with E-state index in [0.29, 0.717) is 6.61 Å². The number of aliphatic hydroxyl groups is 3. The molecule has 53 heavy (non-hydrogen) atoms. The first-order valence-electron chi connectivity index (χ1n) is 18.2. The lowest BCUT2D eigenvalue weighted by Gasteiger charge is -2.49. The van der Waals surface area contributed by atoms with Gasteiger partial charge in [0.25, 0.3) is 0 Å². The molecule has 0 spiro atoms. The van der Waals surface area contributed by atoms with Gasteiger partial charge in [-0.25, -0.2) is 0 Å². The fourth-order valence-electron chi connectivity index (χ4n) is 7.20.